The molecule has 0 radical (unpaired) electrons. The molecule has 5 aromatic rings. The second-order valence-electron chi connectivity index (χ2n) is 10.0. The second kappa shape index (κ2) is 15.6. The van der Waals surface area contributed by atoms with Gasteiger partial charge in [0.1, 0.15) is 16.7 Å². The van der Waals surface area contributed by atoms with Crippen molar-refractivity contribution in [1.82, 2.24) is 5.32 Å². The van der Waals surface area contributed by atoms with Gasteiger partial charge in [-0.05, 0) is 66.2 Å². The molecule has 0 fully saturated rings. The number of carbonyl (C=O) groups is 3. The summed E-state index contributed by atoms with van der Waals surface area (Å²) in [5, 5.41) is 8.52. The molecule has 0 spiro atoms. The van der Waals surface area contributed by atoms with Crippen LogP contribution in [0.3, 0.4) is 0 Å². The average molecular weight is 648 g/mol. The predicted molar refractivity (Wildman–Crippen MR) is 185 cm³/mol. The van der Waals surface area contributed by atoms with Gasteiger partial charge in [0, 0.05) is 32.4 Å². The van der Waals surface area contributed by atoms with Gasteiger partial charge in [-0.3, -0.25) is 14.4 Å². The van der Waals surface area contributed by atoms with Crippen LogP contribution in [-0.4, -0.2) is 24.8 Å². The van der Waals surface area contributed by atoms with Crippen molar-refractivity contribution in [3.63, 3.8) is 0 Å². The van der Waals surface area contributed by atoms with Crippen molar-refractivity contribution in [2.75, 3.05) is 17.7 Å². The van der Waals surface area contributed by atoms with Gasteiger partial charge in [-0.15, -0.1) is 11.8 Å². The zero-order chi connectivity index (χ0) is 32.3. The first-order valence-corrected chi connectivity index (χ1v) is 15.6. The molecular weight excluding hydrogens is 618 g/mol. The molecule has 0 aliphatic rings. The summed E-state index contributed by atoms with van der Waals surface area (Å²) in [6, 6.07) is 39.4. The first-order valence-electron chi connectivity index (χ1n) is 14.3. The van der Waals surface area contributed by atoms with Crippen LogP contribution in [0.15, 0.2) is 144 Å². The summed E-state index contributed by atoms with van der Waals surface area (Å²) in [7, 11) is 1.54. The third kappa shape index (κ3) is 8.65. The molecule has 46 heavy (non-hydrogen) atoms. The standard InChI is InChI=1S/C37H30ClN3O4S/c1-45-33-21-9-8-16-27(33)22-32(41-35(42)26-14-6-3-7-15-26)36(43)39-30-19-11-20-31(24-30)46-34(25-12-4-2-5-13-25)37(44)40-29-18-10-17-28(38)23-29/h2-24,34H,1H3,(H,39,43)(H,40,44)(H,41,42)/b32-22+. The lowest BCUT2D eigenvalue weighted by Gasteiger charge is -2.18. The molecule has 7 nitrogen and oxygen atoms in total. The largest absolute Gasteiger partial charge is 0.496 e. The molecule has 0 saturated heterocycles. The molecule has 0 aliphatic heterocycles. The van der Waals surface area contributed by atoms with Crippen molar-refractivity contribution in [2.45, 2.75) is 10.1 Å². The van der Waals surface area contributed by atoms with E-state index in [0.29, 0.717) is 33.3 Å². The van der Waals surface area contributed by atoms with Crippen molar-refractivity contribution in [1.29, 1.82) is 0 Å². The Hall–Kier alpha value is -5.31. The Morgan fingerprint density at radius 3 is 2.11 bits per heavy atom. The average Bonchev–Trinajstić information content (AvgIpc) is 3.08. The van der Waals surface area contributed by atoms with E-state index in [-0.39, 0.29) is 11.6 Å². The number of carbonyl (C=O) groups excluding carboxylic acids is 3. The molecule has 0 saturated carbocycles. The number of thioether (sulfide) groups is 1. The Bertz CT molecular complexity index is 1870. The molecule has 1 atom stereocenters. The monoisotopic (exact) mass is 647 g/mol. The second-order valence-corrected chi connectivity index (χ2v) is 11.6. The van der Waals surface area contributed by atoms with Gasteiger partial charge in [0.15, 0.2) is 0 Å². The Labute approximate surface area is 276 Å². The summed E-state index contributed by atoms with van der Waals surface area (Å²) in [6.45, 7) is 0. The van der Waals surface area contributed by atoms with Crippen LogP contribution in [0.4, 0.5) is 11.4 Å². The van der Waals surface area contributed by atoms with Crippen LogP contribution in [0.25, 0.3) is 6.08 Å². The van der Waals surface area contributed by atoms with Crippen molar-refractivity contribution < 1.29 is 19.1 Å². The Morgan fingerprint density at radius 2 is 1.39 bits per heavy atom. The smallest absolute Gasteiger partial charge is 0.272 e. The summed E-state index contributed by atoms with van der Waals surface area (Å²) in [4.78, 5) is 41.0. The lowest BCUT2D eigenvalue weighted by atomic mass is 10.1. The number of hydrogen-bond donors (Lipinski definition) is 3. The van der Waals surface area contributed by atoms with Gasteiger partial charge in [-0.1, -0.05) is 90.5 Å². The van der Waals surface area contributed by atoms with E-state index in [9.17, 15) is 14.4 Å². The van der Waals surface area contributed by atoms with Crippen LogP contribution >= 0.6 is 23.4 Å². The highest BCUT2D eigenvalue weighted by Gasteiger charge is 2.23. The molecule has 0 aliphatic carbocycles. The molecule has 5 aromatic carbocycles. The van der Waals surface area contributed by atoms with Crippen LogP contribution in [0.5, 0.6) is 5.75 Å². The van der Waals surface area contributed by atoms with Crippen molar-refractivity contribution in [3.05, 3.63) is 161 Å². The molecule has 5 rings (SSSR count). The third-order valence-electron chi connectivity index (χ3n) is 6.75. The highest BCUT2D eigenvalue weighted by Crippen LogP contribution is 2.37. The summed E-state index contributed by atoms with van der Waals surface area (Å²) in [5.74, 6) is -0.644. The van der Waals surface area contributed by atoms with E-state index in [1.807, 2.05) is 54.6 Å². The van der Waals surface area contributed by atoms with Crippen LogP contribution in [-0.2, 0) is 9.59 Å². The van der Waals surface area contributed by atoms with Gasteiger partial charge in [0.25, 0.3) is 11.8 Å². The fourth-order valence-electron chi connectivity index (χ4n) is 4.54. The SMILES string of the molecule is COc1ccccc1/C=C(/NC(=O)c1ccccc1)C(=O)Nc1cccc(SC(C(=O)Nc2cccc(Cl)c2)c2ccccc2)c1. The minimum Gasteiger partial charge on any atom is -0.496 e. The predicted octanol–water partition coefficient (Wildman–Crippen LogP) is 8.23. The number of ether oxygens (including phenoxy) is 1. The molecular formula is C37H30ClN3O4S. The normalized spacial score (nSPS) is 11.7. The highest BCUT2D eigenvalue weighted by atomic mass is 35.5. The molecule has 230 valence electrons. The van der Waals surface area contributed by atoms with E-state index in [4.69, 9.17) is 16.3 Å². The summed E-state index contributed by atoms with van der Waals surface area (Å²) in [5.41, 5.74) is 2.93. The van der Waals surface area contributed by atoms with E-state index in [1.165, 1.54) is 18.9 Å². The van der Waals surface area contributed by atoms with Crippen LogP contribution in [0, 0.1) is 0 Å². The Kier molecular flexibility index (Phi) is 10.9. The van der Waals surface area contributed by atoms with Crippen LogP contribution in [0.2, 0.25) is 5.02 Å². The minimum atomic E-state index is -0.600. The molecule has 3 amide bonds. The van der Waals surface area contributed by atoms with E-state index >= 15 is 0 Å². The molecule has 1 unspecified atom stereocenters. The van der Waals surface area contributed by atoms with Gasteiger partial charge in [0.2, 0.25) is 5.91 Å². The molecule has 3 N–H and O–H groups in total. The van der Waals surface area contributed by atoms with Gasteiger partial charge >= 0.3 is 0 Å². The number of amides is 3. The summed E-state index contributed by atoms with van der Waals surface area (Å²) >= 11 is 7.47. The van der Waals surface area contributed by atoms with Gasteiger partial charge in [0.05, 0.1) is 7.11 Å². The van der Waals surface area contributed by atoms with Gasteiger partial charge < -0.3 is 20.7 Å². The summed E-state index contributed by atoms with van der Waals surface area (Å²) in [6.07, 6.45) is 1.57. The number of para-hydroxylation sites is 1. The van der Waals surface area contributed by atoms with Gasteiger partial charge in [-0.2, -0.15) is 0 Å². The topological polar surface area (TPSA) is 96.5 Å². The zero-order valence-electron chi connectivity index (χ0n) is 24.8. The van der Waals surface area contributed by atoms with E-state index in [1.54, 1.807) is 84.9 Å². The fourth-order valence-corrected chi connectivity index (χ4v) is 5.81. The third-order valence-corrected chi connectivity index (χ3v) is 8.23. The van der Waals surface area contributed by atoms with E-state index in [2.05, 4.69) is 16.0 Å². The minimum absolute atomic E-state index is 0.0273. The Morgan fingerprint density at radius 1 is 0.739 bits per heavy atom. The number of methoxy groups -OCH3 is 1. The number of benzene rings is 5. The zero-order valence-corrected chi connectivity index (χ0v) is 26.3. The number of nitrogens with one attached hydrogen (secondary N) is 3. The maximum atomic E-state index is 13.7. The van der Waals surface area contributed by atoms with E-state index in [0.717, 1.165) is 10.5 Å². The maximum absolute atomic E-state index is 13.7. The highest BCUT2D eigenvalue weighted by molar-refractivity contribution is 8.00. The first-order chi connectivity index (χ1) is 22.4. The fraction of sp³-hybridized carbons (Fsp3) is 0.0541. The number of rotatable bonds is 11. The number of anilines is 2. The first kappa shape index (κ1) is 32.1. The number of hydrogen-bond acceptors (Lipinski definition) is 5. The van der Waals surface area contributed by atoms with Crippen molar-refractivity contribution >= 4 is 58.5 Å². The quantitative estimate of drug-likeness (QED) is 0.0991. The van der Waals surface area contributed by atoms with Crippen molar-refractivity contribution in [3.8, 4) is 5.75 Å². The van der Waals surface area contributed by atoms with E-state index < -0.39 is 17.1 Å². The number of halogens is 1. The van der Waals surface area contributed by atoms with Crippen LogP contribution in [0.1, 0.15) is 26.7 Å². The molecule has 0 aromatic heterocycles. The van der Waals surface area contributed by atoms with Gasteiger partial charge in [-0.25, -0.2) is 0 Å². The molecule has 0 bridgehead atoms. The molecule has 9 heteroatoms. The lowest BCUT2D eigenvalue weighted by molar-refractivity contribution is -0.116. The van der Waals surface area contributed by atoms with Crippen molar-refractivity contribution in [2.24, 2.45) is 0 Å². The Balaban J connectivity index is 1.39. The summed E-state index contributed by atoms with van der Waals surface area (Å²) < 4.78 is 5.45. The maximum Gasteiger partial charge on any atom is 0.272 e. The molecule has 0 heterocycles. The lowest BCUT2D eigenvalue weighted by Crippen LogP contribution is -2.30. The van der Waals surface area contributed by atoms with Crippen LogP contribution < -0.4 is 20.7 Å².